The van der Waals surface area contributed by atoms with E-state index in [2.05, 4.69) is 76.2 Å². The molecule has 2 rings (SSSR count). The molecule has 0 atom stereocenters. The van der Waals surface area contributed by atoms with Crippen LogP contribution in [0.15, 0.2) is 66.7 Å². The highest BCUT2D eigenvalue weighted by Crippen LogP contribution is 2.16. The molecule has 0 saturated heterocycles. The predicted octanol–water partition coefficient (Wildman–Crippen LogP) is 5.74. The average molecular weight is 252 g/mol. The molecule has 0 amide bonds. The minimum Gasteiger partial charge on any atom is -0.0785 e. The van der Waals surface area contributed by atoms with E-state index in [1.54, 1.807) is 0 Å². The normalized spacial score (nSPS) is 10.9. The quantitative estimate of drug-likeness (QED) is 0.607. The summed E-state index contributed by atoms with van der Waals surface area (Å²) in [6, 6.07) is 20.6. The lowest BCUT2D eigenvalue weighted by molar-refractivity contribution is 0.547. The van der Waals surface area contributed by atoms with Crippen LogP contribution < -0.4 is 0 Å². The summed E-state index contributed by atoms with van der Waals surface area (Å²) in [7, 11) is 0. The fraction of sp³-hybridized carbons (Fsp3) is 0.263. The van der Waals surface area contributed by atoms with Gasteiger partial charge in [-0.1, -0.05) is 99.2 Å². The standard InChI is InChI=1S/C12H16.C7H8/c1-12(2,3)10-9-11-7-5-4-6-8-11;1-7-5-3-2-4-6-7/h4-10H,1-3H3;2-6H,1H3. The van der Waals surface area contributed by atoms with E-state index in [1.165, 1.54) is 11.1 Å². The second kappa shape index (κ2) is 7.58. The van der Waals surface area contributed by atoms with Gasteiger partial charge >= 0.3 is 0 Å². The first-order valence-corrected chi connectivity index (χ1v) is 6.73. The molecule has 19 heavy (non-hydrogen) atoms. The van der Waals surface area contributed by atoms with Crippen LogP contribution in [0, 0.1) is 12.3 Å². The number of benzene rings is 2. The van der Waals surface area contributed by atoms with Crippen LogP contribution in [0.1, 0.15) is 31.9 Å². The number of allylic oxidation sites excluding steroid dienone is 1. The molecule has 0 N–H and O–H groups in total. The van der Waals surface area contributed by atoms with Crippen LogP contribution in [0.3, 0.4) is 0 Å². The Morgan fingerprint density at radius 2 is 1.21 bits per heavy atom. The summed E-state index contributed by atoms with van der Waals surface area (Å²) in [6.07, 6.45) is 4.39. The monoisotopic (exact) mass is 252 g/mol. The Labute approximate surface area is 117 Å². The van der Waals surface area contributed by atoms with E-state index in [1.807, 2.05) is 24.3 Å². The lowest BCUT2D eigenvalue weighted by Crippen LogP contribution is -1.97. The van der Waals surface area contributed by atoms with Gasteiger partial charge in [-0.2, -0.15) is 0 Å². The Morgan fingerprint density at radius 1 is 0.737 bits per heavy atom. The van der Waals surface area contributed by atoms with Crippen molar-refractivity contribution in [2.75, 3.05) is 0 Å². The van der Waals surface area contributed by atoms with Crippen LogP contribution in [0.4, 0.5) is 0 Å². The van der Waals surface area contributed by atoms with Gasteiger partial charge in [0.1, 0.15) is 0 Å². The molecule has 0 aliphatic rings. The largest absolute Gasteiger partial charge is 0.0785 e. The third kappa shape index (κ3) is 7.99. The van der Waals surface area contributed by atoms with Gasteiger partial charge in [0.2, 0.25) is 0 Å². The topological polar surface area (TPSA) is 0 Å². The lowest BCUT2D eigenvalue weighted by atomic mass is 9.95. The number of hydrogen-bond acceptors (Lipinski definition) is 0. The molecule has 0 fully saturated rings. The van der Waals surface area contributed by atoms with Crippen LogP contribution in [-0.2, 0) is 0 Å². The summed E-state index contributed by atoms with van der Waals surface area (Å²) in [4.78, 5) is 0. The molecule has 0 aliphatic heterocycles. The van der Waals surface area contributed by atoms with Crippen LogP contribution in [0.2, 0.25) is 0 Å². The molecule has 0 nitrogen and oxygen atoms in total. The Balaban J connectivity index is 0.000000218. The Bertz CT molecular complexity index is 472. The van der Waals surface area contributed by atoms with E-state index < -0.39 is 0 Å². The van der Waals surface area contributed by atoms with Gasteiger partial charge in [-0.3, -0.25) is 0 Å². The summed E-state index contributed by atoms with van der Waals surface area (Å²) >= 11 is 0. The van der Waals surface area contributed by atoms with E-state index >= 15 is 0 Å². The van der Waals surface area contributed by atoms with Gasteiger partial charge in [0.15, 0.2) is 0 Å². The van der Waals surface area contributed by atoms with Gasteiger partial charge in [-0.05, 0) is 17.9 Å². The maximum absolute atomic E-state index is 2.22. The van der Waals surface area contributed by atoms with Crippen molar-refractivity contribution in [3.05, 3.63) is 77.9 Å². The number of rotatable bonds is 1. The molecule has 0 aliphatic carbocycles. The molecule has 0 bridgehead atoms. The second-order valence-electron chi connectivity index (χ2n) is 5.76. The molecule has 2 aromatic rings. The second-order valence-corrected chi connectivity index (χ2v) is 5.76. The van der Waals surface area contributed by atoms with E-state index in [0.29, 0.717) is 0 Å². The van der Waals surface area contributed by atoms with Crippen molar-refractivity contribution in [2.24, 2.45) is 5.41 Å². The van der Waals surface area contributed by atoms with Crippen molar-refractivity contribution >= 4 is 6.08 Å². The van der Waals surface area contributed by atoms with Gasteiger partial charge in [-0.25, -0.2) is 0 Å². The average Bonchev–Trinajstić information content (AvgIpc) is 2.39. The van der Waals surface area contributed by atoms with Gasteiger partial charge in [0, 0.05) is 0 Å². The maximum Gasteiger partial charge on any atom is -0.0200 e. The van der Waals surface area contributed by atoms with Crippen molar-refractivity contribution in [3.8, 4) is 0 Å². The number of aryl methyl sites for hydroxylation is 1. The van der Waals surface area contributed by atoms with E-state index in [4.69, 9.17) is 0 Å². The van der Waals surface area contributed by atoms with E-state index in [-0.39, 0.29) is 5.41 Å². The zero-order valence-electron chi connectivity index (χ0n) is 12.4. The first-order valence-electron chi connectivity index (χ1n) is 6.73. The summed E-state index contributed by atoms with van der Waals surface area (Å²) in [5, 5.41) is 0. The Hall–Kier alpha value is -1.82. The van der Waals surface area contributed by atoms with E-state index in [0.717, 1.165) is 0 Å². The highest BCUT2D eigenvalue weighted by molar-refractivity contribution is 5.49. The van der Waals surface area contributed by atoms with Crippen molar-refractivity contribution in [2.45, 2.75) is 27.7 Å². The van der Waals surface area contributed by atoms with Crippen LogP contribution in [-0.4, -0.2) is 0 Å². The highest BCUT2D eigenvalue weighted by Gasteiger charge is 2.02. The third-order valence-electron chi connectivity index (χ3n) is 2.52. The zero-order chi connectivity index (χ0) is 14.1. The third-order valence-corrected chi connectivity index (χ3v) is 2.52. The fourth-order valence-corrected chi connectivity index (χ4v) is 1.44. The van der Waals surface area contributed by atoms with Crippen molar-refractivity contribution in [1.29, 1.82) is 0 Å². The zero-order valence-corrected chi connectivity index (χ0v) is 12.4. The summed E-state index contributed by atoms with van der Waals surface area (Å²) in [5.74, 6) is 0. The minimum atomic E-state index is 0.274. The highest BCUT2D eigenvalue weighted by atomic mass is 14.1. The molecular formula is C19H24. The Morgan fingerprint density at radius 3 is 1.58 bits per heavy atom. The summed E-state index contributed by atoms with van der Waals surface area (Å²) in [6.45, 7) is 8.69. The molecule has 0 heterocycles. The van der Waals surface area contributed by atoms with Gasteiger partial charge < -0.3 is 0 Å². The number of hydrogen-bond donors (Lipinski definition) is 0. The molecule has 0 radical (unpaired) electrons. The first-order chi connectivity index (χ1) is 8.97. The predicted molar refractivity (Wildman–Crippen MR) is 86.1 cm³/mol. The lowest BCUT2D eigenvalue weighted by Gasteiger charge is -2.10. The molecule has 100 valence electrons. The molecule has 0 spiro atoms. The van der Waals surface area contributed by atoms with Crippen molar-refractivity contribution < 1.29 is 0 Å². The fourth-order valence-electron chi connectivity index (χ4n) is 1.44. The SMILES string of the molecule is CC(C)(C)C=Cc1ccccc1.Cc1ccccc1. The maximum atomic E-state index is 2.22. The van der Waals surface area contributed by atoms with Gasteiger partial charge in [0.05, 0.1) is 0 Å². The molecule has 0 saturated carbocycles. The smallest absolute Gasteiger partial charge is 0.0200 e. The van der Waals surface area contributed by atoms with E-state index in [9.17, 15) is 0 Å². The van der Waals surface area contributed by atoms with Crippen LogP contribution >= 0.6 is 0 Å². The van der Waals surface area contributed by atoms with Crippen LogP contribution in [0.5, 0.6) is 0 Å². The Kier molecular flexibility index (Phi) is 6.08. The van der Waals surface area contributed by atoms with Gasteiger partial charge in [0.25, 0.3) is 0 Å². The molecule has 0 aromatic heterocycles. The summed E-state index contributed by atoms with van der Waals surface area (Å²) < 4.78 is 0. The summed E-state index contributed by atoms with van der Waals surface area (Å²) in [5.41, 5.74) is 2.87. The molecule has 0 unspecified atom stereocenters. The molecule has 2 aromatic carbocycles. The van der Waals surface area contributed by atoms with Crippen molar-refractivity contribution in [1.82, 2.24) is 0 Å². The molecular weight excluding hydrogens is 228 g/mol. The molecule has 0 heteroatoms. The van der Waals surface area contributed by atoms with Crippen LogP contribution in [0.25, 0.3) is 6.08 Å². The minimum absolute atomic E-state index is 0.274. The van der Waals surface area contributed by atoms with Gasteiger partial charge in [-0.15, -0.1) is 0 Å². The van der Waals surface area contributed by atoms with Crippen molar-refractivity contribution in [3.63, 3.8) is 0 Å². The first kappa shape index (κ1) is 15.2.